The molecule has 0 radical (unpaired) electrons. The van der Waals surface area contributed by atoms with Gasteiger partial charge in [-0.15, -0.1) is 11.3 Å². The van der Waals surface area contributed by atoms with Crippen molar-refractivity contribution >= 4 is 22.7 Å². The number of nitro groups is 1. The van der Waals surface area contributed by atoms with Crippen LogP contribution < -0.4 is 5.32 Å². The molecule has 0 spiro atoms. The number of nitrogens with one attached hydrogen (secondary N) is 1. The molecule has 2 rings (SSSR count). The minimum Gasteiger partial charge on any atom is -0.380 e. The summed E-state index contributed by atoms with van der Waals surface area (Å²) in [6, 6.07) is 3.42. The van der Waals surface area contributed by atoms with Crippen molar-refractivity contribution in [1.29, 1.82) is 0 Å². The van der Waals surface area contributed by atoms with Gasteiger partial charge >= 0.3 is 0 Å². The highest BCUT2D eigenvalue weighted by Crippen LogP contribution is 2.26. The first-order chi connectivity index (χ1) is 8.58. The van der Waals surface area contributed by atoms with Crippen molar-refractivity contribution in [2.45, 2.75) is 20.4 Å². The molecular weight excluding hydrogens is 250 g/mol. The van der Waals surface area contributed by atoms with Gasteiger partial charge in [0.15, 0.2) is 0 Å². The molecule has 0 aliphatic carbocycles. The third kappa shape index (κ3) is 2.65. The van der Waals surface area contributed by atoms with Crippen LogP contribution in [0, 0.1) is 24.0 Å². The molecule has 0 atom stereocenters. The summed E-state index contributed by atoms with van der Waals surface area (Å²) < 4.78 is 0. The highest BCUT2D eigenvalue weighted by Gasteiger charge is 2.13. The fourth-order valence-electron chi connectivity index (χ4n) is 1.70. The highest BCUT2D eigenvalue weighted by atomic mass is 32.1. The molecule has 5 nitrogen and oxygen atoms in total. The zero-order valence-corrected chi connectivity index (χ0v) is 11.0. The standard InChI is InChI=1S/C12H13N3O2S/c1-8-4-12(15(16)17)9(2)3-11(8)14-6-10-5-13-7-18-10/h3-5,7,14H,6H2,1-2H3. The lowest BCUT2D eigenvalue weighted by Crippen LogP contribution is -2.01. The van der Waals surface area contributed by atoms with Crippen LogP contribution in [0.5, 0.6) is 0 Å². The van der Waals surface area contributed by atoms with E-state index in [0.717, 1.165) is 16.1 Å². The Hall–Kier alpha value is -1.95. The fraction of sp³-hybridized carbons (Fsp3) is 0.250. The molecule has 0 fully saturated rings. The van der Waals surface area contributed by atoms with Gasteiger partial charge in [-0.3, -0.25) is 15.1 Å². The molecule has 0 amide bonds. The van der Waals surface area contributed by atoms with Crippen LogP contribution in [0.15, 0.2) is 23.8 Å². The Labute approximate surface area is 109 Å². The predicted molar refractivity (Wildman–Crippen MR) is 72.0 cm³/mol. The number of hydrogen-bond acceptors (Lipinski definition) is 5. The lowest BCUT2D eigenvalue weighted by Gasteiger charge is -2.09. The molecule has 0 saturated heterocycles. The van der Waals surface area contributed by atoms with Crippen LogP contribution >= 0.6 is 11.3 Å². The first-order valence-corrected chi connectivity index (χ1v) is 6.33. The van der Waals surface area contributed by atoms with Gasteiger partial charge in [-0.2, -0.15) is 0 Å². The van der Waals surface area contributed by atoms with Gasteiger partial charge in [0.05, 0.1) is 17.0 Å². The van der Waals surface area contributed by atoms with E-state index < -0.39 is 0 Å². The molecule has 6 heteroatoms. The molecule has 0 aliphatic rings. The monoisotopic (exact) mass is 263 g/mol. The maximum absolute atomic E-state index is 10.8. The first kappa shape index (κ1) is 12.5. The summed E-state index contributed by atoms with van der Waals surface area (Å²) in [4.78, 5) is 15.6. The van der Waals surface area contributed by atoms with E-state index in [1.807, 2.05) is 19.2 Å². The van der Waals surface area contributed by atoms with Gasteiger partial charge in [-0.25, -0.2) is 0 Å². The van der Waals surface area contributed by atoms with Crippen molar-refractivity contribution < 1.29 is 4.92 Å². The van der Waals surface area contributed by atoms with Crippen LogP contribution in [-0.2, 0) is 6.54 Å². The number of thiazole rings is 1. The Bertz CT molecular complexity index is 567. The number of hydrogen-bond donors (Lipinski definition) is 1. The van der Waals surface area contributed by atoms with Crippen molar-refractivity contribution in [3.63, 3.8) is 0 Å². The Morgan fingerprint density at radius 2 is 2.17 bits per heavy atom. The van der Waals surface area contributed by atoms with E-state index in [1.54, 1.807) is 29.8 Å². The van der Waals surface area contributed by atoms with Gasteiger partial charge in [0.2, 0.25) is 0 Å². The van der Waals surface area contributed by atoms with Crippen molar-refractivity contribution in [3.8, 4) is 0 Å². The molecule has 0 unspecified atom stereocenters. The Balaban J connectivity index is 2.19. The second kappa shape index (κ2) is 5.14. The van der Waals surface area contributed by atoms with Crippen LogP contribution in [0.2, 0.25) is 0 Å². The summed E-state index contributed by atoms with van der Waals surface area (Å²) in [6.45, 7) is 4.29. The molecule has 2 aromatic rings. The molecule has 1 heterocycles. The third-order valence-corrected chi connectivity index (χ3v) is 3.46. The third-order valence-electron chi connectivity index (χ3n) is 2.68. The lowest BCUT2D eigenvalue weighted by molar-refractivity contribution is -0.385. The van der Waals surface area contributed by atoms with E-state index in [2.05, 4.69) is 10.3 Å². The highest BCUT2D eigenvalue weighted by molar-refractivity contribution is 7.09. The van der Waals surface area contributed by atoms with Crippen LogP contribution in [0.3, 0.4) is 0 Å². The van der Waals surface area contributed by atoms with Crippen LogP contribution in [0.1, 0.15) is 16.0 Å². The van der Waals surface area contributed by atoms with E-state index in [9.17, 15) is 10.1 Å². The minimum absolute atomic E-state index is 0.163. The van der Waals surface area contributed by atoms with Crippen molar-refractivity contribution in [3.05, 3.63) is 50.0 Å². The second-order valence-electron chi connectivity index (χ2n) is 4.03. The van der Waals surface area contributed by atoms with Crippen LogP contribution in [-0.4, -0.2) is 9.91 Å². The average Bonchev–Trinajstić information content (AvgIpc) is 2.82. The number of aromatic nitrogens is 1. The van der Waals surface area contributed by atoms with E-state index >= 15 is 0 Å². The Morgan fingerprint density at radius 3 is 2.78 bits per heavy atom. The van der Waals surface area contributed by atoms with E-state index in [1.165, 1.54) is 0 Å². The molecule has 1 N–H and O–H groups in total. The molecular formula is C12H13N3O2S. The van der Waals surface area contributed by atoms with Gasteiger partial charge in [0.25, 0.3) is 5.69 Å². The number of aryl methyl sites for hydroxylation is 2. The van der Waals surface area contributed by atoms with Crippen LogP contribution in [0.25, 0.3) is 0 Å². The van der Waals surface area contributed by atoms with Crippen molar-refractivity contribution in [1.82, 2.24) is 4.98 Å². The number of rotatable bonds is 4. The lowest BCUT2D eigenvalue weighted by atomic mass is 10.1. The SMILES string of the molecule is Cc1cc([N+](=O)[O-])c(C)cc1NCc1cncs1. The average molecular weight is 263 g/mol. The topological polar surface area (TPSA) is 68.1 Å². The molecule has 18 heavy (non-hydrogen) atoms. The second-order valence-corrected chi connectivity index (χ2v) is 5.00. The quantitative estimate of drug-likeness (QED) is 0.679. The summed E-state index contributed by atoms with van der Waals surface area (Å²) in [5, 5.41) is 14.1. The number of nitrogens with zero attached hydrogens (tertiary/aromatic N) is 2. The molecule has 0 saturated carbocycles. The molecule has 1 aromatic carbocycles. The summed E-state index contributed by atoms with van der Waals surface area (Å²) in [5.74, 6) is 0. The summed E-state index contributed by atoms with van der Waals surface area (Å²) >= 11 is 1.58. The fourth-order valence-corrected chi connectivity index (χ4v) is 2.23. The largest absolute Gasteiger partial charge is 0.380 e. The smallest absolute Gasteiger partial charge is 0.272 e. The normalized spacial score (nSPS) is 10.3. The van der Waals surface area contributed by atoms with Crippen LogP contribution in [0.4, 0.5) is 11.4 Å². The van der Waals surface area contributed by atoms with Gasteiger partial charge in [0, 0.05) is 28.4 Å². The zero-order chi connectivity index (χ0) is 13.1. The van der Waals surface area contributed by atoms with Gasteiger partial charge in [-0.05, 0) is 25.5 Å². The maximum Gasteiger partial charge on any atom is 0.272 e. The molecule has 1 aromatic heterocycles. The summed E-state index contributed by atoms with van der Waals surface area (Å²) in [7, 11) is 0. The van der Waals surface area contributed by atoms with Gasteiger partial charge in [-0.1, -0.05) is 0 Å². The predicted octanol–water partition coefficient (Wildman–Crippen LogP) is 3.28. The summed E-state index contributed by atoms with van der Waals surface area (Å²) in [5.41, 5.74) is 4.40. The number of benzene rings is 1. The first-order valence-electron chi connectivity index (χ1n) is 5.45. The van der Waals surface area contributed by atoms with E-state index in [4.69, 9.17) is 0 Å². The van der Waals surface area contributed by atoms with Gasteiger partial charge in [0.1, 0.15) is 0 Å². The Morgan fingerprint density at radius 1 is 1.39 bits per heavy atom. The van der Waals surface area contributed by atoms with E-state index in [0.29, 0.717) is 12.1 Å². The van der Waals surface area contributed by atoms with Crippen molar-refractivity contribution in [2.24, 2.45) is 0 Å². The molecule has 0 bridgehead atoms. The van der Waals surface area contributed by atoms with E-state index in [-0.39, 0.29) is 10.6 Å². The number of anilines is 1. The maximum atomic E-state index is 10.8. The zero-order valence-electron chi connectivity index (χ0n) is 10.1. The summed E-state index contributed by atoms with van der Waals surface area (Å²) in [6.07, 6.45) is 1.81. The Kier molecular flexibility index (Phi) is 3.57. The van der Waals surface area contributed by atoms with Crippen molar-refractivity contribution in [2.75, 3.05) is 5.32 Å². The van der Waals surface area contributed by atoms with Gasteiger partial charge < -0.3 is 5.32 Å². The molecule has 94 valence electrons. The minimum atomic E-state index is -0.352. The molecule has 0 aliphatic heterocycles. The number of nitro benzene ring substituents is 1.